The summed E-state index contributed by atoms with van der Waals surface area (Å²) in [6.45, 7) is 0. The monoisotopic (exact) mass is 733 g/mol. The lowest BCUT2D eigenvalue weighted by Crippen LogP contribution is -2.55. The fraction of sp³-hybridized carbons (Fsp3) is 0.189. The van der Waals surface area contributed by atoms with Gasteiger partial charge < -0.3 is 4.42 Å². The van der Waals surface area contributed by atoms with Crippen molar-refractivity contribution in [2.75, 3.05) is 0 Å². The lowest BCUT2D eigenvalue weighted by Gasteiger charge is -2.61. The molecular weight excluding hydrogens is 695 g/mol. The molecule has 57 heavy (non-hydrogen) atoms. The number of furan rings is 1. The van der Waals surface area contributed by atoms with Crippen LogP contribution in [-0.2, 0) is 5.41 Å². The Morgan fingerprint density at radius 3 is 1.86 bits per heavy atom. The first-order valence-electron chi connectivity index (χ1n) is 20.7. The molecule has 4 nitrogen and oxygen atoms in total. The van der Waals surface area contributed by atoms with Gasteiger partial charge in [0.15, 0.2) is 17.5 Å². The van der Waals surface area contributed by atoms with Crippen LogP contribution in [0.2, 0.25) is 0 Å². The average molecular weight is 734 g/mol. The molecule has 2 heterocycles. The quantitative estimate of drug-likeness (QED) is 0.181. The van der Waals surface area contributed by atoms with E-state index in [2.05, 4.69) is 133 Å². The third-order valence-electron chi connectivity index (χ3n) is 14.3. The minimum absolute atomic E-state index is 0.0136. The first-order valence-corrected chi connectivity index (χ1v) is 20.7. The topological polar surface area (TPSA) is 51.8 Å². The zero-order chi connectivity index (χ0) is 37.2. The van der Waals surface area contributed by atoms with Crippen LogP contribution in [-0.4, -0.2) is 15.0 Å². The van der Waals surface area contributed by atoms with Crippen molar-refractivity contribution in [3.63, 3.8) is 0 Å². The summed E-state index contributed by atoms with van der Waals surface area (Å²) in [6.07, 6.45) is 6.79. The Hall–Kier alpha value is -6.39. The van der Waals surface area contributed by atoms with Crippen LogP contribution in [0.5, 0.6) is 0 Å². The predicted molar refractivity (Wildman–Crippen MR) is 230 cm³/mol. The van der Waals surface area contributed by atoms with Crippen LogP contribution in [0.15, 0.2) is 156 Å². The van der Waals surface area contributed by atoms with Crippen LogP contribution in [0.4, 0.5) is 0 Å². The Kier molecular flexibility index (Phi) is 6.59. The zero-order valence-electron chi connectivity index (χ0n) is 31.5. The SMILES string of the molecule is c1ccc(-c2nc(-c3cccc(-c4cccc5oc6ccccc6c45)c3)nc(-c3ccc4c(c3)C3(c5c-4ccc4ccccc54)C4CC5CC(C4)CC3C5)n2)cc1. The second-order valence-corrected chi connectivity index (χ2v) is 17.2. The maximum absolute atomic E-state index is 6.27. The van der Waals surface area contributed by atoms with Crippen LogP contribution in [0.25, 0.3) is 89.1 Å². The molecule has 4 fully saturated rings. The molecule has 9 aromatic rings. The number of rotatable bonds is 4. The minimum Gasteiger partial charge on any atom is -0.456 e. The summed E-state index contributed by atoms with van der Waals surface area (Å²) in [5.74, 6) is 5.13. The molecule has 272 valence electrons. The van der Waals surface area contributed by atoms with Crippen molar-refractivity contribution in [3.05, 3.63) is 163 Å². The smallest absolute Gasteiger partial charge is 0.164 e. The van der Waals surface area contributed by atoms with E-state index in [-0.39, 0.29) is 5.41 Å². The molecule has 4 heteroatoms. The van der Waals surface area contributed by atoms with Gasteiger partial charge in [-0.2, -0.15) is 0 Å². The molecule has 7 aromatic carbocycles. The van der Waals surface area contributed by atoms with Crippen molar-refractivity contribution in [2.24, 2.45) is 23.7 Å². The van der Waals surface area contributed by atoms with E-state index in [0.717, 1.165) is 67.4 Å². The summed E-state index contributed by atoms with van der Waals surface area (Å²) in [7, 11) is 0. The number of nitrogens with zero attached hydrogens (tertiary/aromatic N) is 3. The second-order valence-electron chi connectivity index (χ2n) is 17.2. The third-order valence-corrected chi connectivity index (χ3v) is 14.3. The first kappa shape index (κ1) is 31.8. The van der Waals surface area contributed by atoms with E-state index < -0.39 is 0 Å². The normalized spacial score (nSPS) is 22.8. The van der Waals surface area contributed by atoms with E-state index in [0.29, 0.717) is 23.5 Å². The van der Waals surface area contributed by atoms with Crippen molar-refractivity contribution in [1.29, 1.82) is 0 Å². The van der Waals surface area contributed by atoms with Crippen molar-refractivity contribution in [1.82, 2.24) is 15.0 Å². The first-order chi connectivity index (χ1) is 28.2. The lowest BCUT2D eigenvalue weighted by atomic mass is 9.43. The fourth-order valence-corrected chi connectivity index (χ4v) is 12.3. The number of para-hydroxylation sites is 1. The summed E-state index contributed by atoms with van der Waals surface area (Å²) < 4.78 is 6.27. The van der Waals surface area contributed by atoms with Crippen molar-refractivity contribution in [3.8, 4) is 56.4 Å². The molecular formula is C53H39N3O. The van der Waals surface area contributed by atoms with Gasteiger partial charge in [0.1, 0.15) is 11.2 Å². The standard InChI is InChI=1S/C53H39N3O/c1-2-11-34(12-3-1)50-54-51(36-14-8-13-35(29-36)40-17-9-19-47-48(40)44-16-6-7-18-46(44)57-47)56-52(55-50)37-21-22-42-43-23-20-33-10-4-5-15-41(33)49(43)53(45(42)30-37)38-25-31-24-32(27-38)28-39(53)26-31/h1-23,29-32,38-39H,24-28H2. The molecule has 0 unspecified atom stereocenters. The highest BCUT2D eigenvalue weighted by atomic mass is 16.3. The molecule has 0 radical (unpaired) electrons. The molecule has 5 aliphatic carbocycles. The lowest BCUT2D eigenvalue weighted by molar-refractivity contribution is -0.0393. The Bertz CT molecular complexity index is 3080. The Morgan fingerprint density at radius 1 is 0.439 bits per heavy atom. The number of hydrogen-bond donors (Lipinski definition) is 0. The Balaban J connectivity index is 1.00. The minimum atomic E-state index is 0.0136. The molecule has 0 atom stereocenters. The van der Waals surface area contributed by atoms with Crippen molar-refractivity contribution >= 4 is 32.7 Å². The van der Waals surface area contributed by atoms with Crippen LogP contribution in [0.3, 0.4) is 0 Å². The molecule has 1 spiro atoms. The van der Waals surface area contributed by atoms with Gasteiger partial charge in [-0.05, 0) is 124 Å². The van der Waals surface area contributed by atoms with Gasteiger partial charge in [-0.25, -0.2) is 15.0 Å². The molecule has 14 rings (SSSR count). The van der Waals surface area contributed by atoms with Gasteiger partial charge in [0.2, 0.25) is 0 Å². The summed E-state index contributed by atoms with van der Waals surface area (Å²) >= 11 is 0. The van der Waals surface area contributed by atoms with Gasteiger partial charge in [0.25, 0.3) is 0 Å². The number of benzene rings is 7. The van der Waals surface area contributed by atoms with E-state index in [9.17, 15) is 0 Å². The maximum atomic E-state index is 6.27. The van der Waals surface area contributed by atoms with E-state index in [4.69, 9.17) is 19.4 Å². The molecule has 2 aromatic heterocycles. The van der Waals surface area contributed by atoms with Gasteiger partial charge in [-0.1, -0.05) is 127 Å². The van der Waals surface area contributed by atoms with Crippen LogP contribution < -0.4 is 0 Å². The molecule has 4 saturated carbocycles. The van der Waals surface area contributed by atoms with Gasteiger partial charge >= 0.3 is 0 Å². The highest BCUT2D eigenvalue weighted by molar-refractivity contribution is 6.12. The number of fused-ring (bicyclic) bond motifs is 8. The predicted octanol–water partition coefficient (Wildman–Crippen LogP) is 13.3. The van der Waals surface area contributed by atoms with Crippen molar-refractivity contribution in [2.45, 2.75) is 37.5 Å². The highest BCUT2D eigenvalue weighted by Gasteiger charge is 2.62. The summed E-state index contributed by atoms with van der Waals surface area (Å²) in [5, 5.41) is 5.03. The van der Waals surface area contributed by atoms with E-state index in [1.54, 1.807) is 5.56 Å². The highest BCUT2D eigenvalue weighted by Crippen LogP contribution is 2.70. The largest absolute Gasteiger partial charge is 0.456 e. The Labute approximate surface area is 331 Å². The second kappa shape index (κ2) is 11.8. The summed E-state index contributed by atoms with van der Waals surface area (Å²) in [4.78, 5) is 15.8. The number of hydrogen-bond acceptors (Lipinski definition) is 4. The van der Waals surface area contributed by atoms with Gasteiger partial charge in [0.05, 0.1) is 0 Å². The van der Waals surface area contributed by atoms with Gasteiger partial charge in [0, 0.05) is 32.9 Å². The summed E-state index contributed by atoms with van der Waals surface area (Å²) in [5.41, 5.74) is 12.9. The molecule has 0 N–H and O–H groups in total. The van der Waals surface area contributed by atoms with E-state index >= 15 is 0 Å². The molecule has 5 aliphatic rings. The average Bonchev–Trinajstić information content (AvgIpc) is 3.79. The fourth-order valence-electron chi connectivity index (χ4n) is 12.3. The van der Waals surface area contributed by atoms with E-state index in [1.165, 1.54) is 59.6 Å². The molecule has 4 bridgehead atoms. The van der Waals surface area contributed by atoms with Crippen LogP contribution in [0, 0.1) is 23.7 Å². The molecule has 0 amide bonds. The zero-order valence-corrected chi connectivity index (χ0v) is 31.5. The molecule has 0 aliphatic heterocycles. The van der Waals surface area contributed by atoms with Gasteiger partial charge in [-0.15, -0.1) is 0 Å². The number of aromatic nitrogens is 3. The summed E-state index contributed by atoms with van der Waals surface area (Å²) in [6, 6.07) is 54.6. The Morgan fingerprint density at radius 2 is 1.05 bits per heavy atom. The van der Waals surface area contributed by atoms with Gasteiger partial charge in [-0.3, -0.25) is 0 Å². The molecule has 0 saturated heterocycles. The van der Waals surface area contributed by atoms with E-state index in [1.807, 2.05) is 18.2 Å². The van der Waals surface area contributed by atoms with Crippen molar-refractivity contribution < 1.29 is 4.42 Å². The maximum Gasteiger partial charge on any atom is 0.164 e. The van der Waals surface area contributed by atoms with Crippen LogP contribution >= 0.6 is 0 Å². The van der Waals surface area contributed by atoms with Crippen LogP contribution in [0.1, 0.15) is 43.2 Å². The third kappa shape index (κ3) is 4.53.